The minimum atomic E-state index is -1.11. The summed E-state index contributed by atoms with van der Waals surface area (Å²) in [4.78, 5) is 38.7. The Kier molecular flexibility index (Phi) is 5.89. The number of Topliss-reactive ketones (excluding diaryl/α,β-unsaturated/α-hetero) is 1. The number of carbonyl (C=O) groups excluding carboxylic acids is 2. The number of aliphatic hydroxyl groups is 1. The van der Waals surface area contributed by atoms with Gasteiger partial charge < -0.3 is 14.9 Å². The number of ketones is 1. The Labute approximate surface area is 194 Å². The number of methoxy groups -OCH3 is 1. The number of hydrogen-bond donors (Lipinski definition) is 2. The second-order valence-electron chi connectivity index (χ2n) is 7.30. The molecule has 0 aromatic heterocycles. The molecular formula is C25H18ClNO6. The predicted molar refractivity (Wildman–Crippen MR) is 123 cm³/mol. The molecule has 1 fully saturated rings. The highest BCUT2D eigenvalue weighted by atomic mass is 35.5. The summed E-state index contributed by atoms with van der Waals surface area (Å²) in [5, 5.41) is 20.7. The summed E-state index contributed by atoms with van der Waals surface area (Å²) in [6, 6.07) is 17.7. The first kappa shape index (κ1) is 22.1. The molecule has 2 N–H and O–H groups in total. The summed E-state index contributed by atoms with van der Waals surface area (Å²) in [6.07, 6.45) is 0. The maximum atomic E-state index is 13.1. The number of carboxylic acids is 1. The van der Waals surface area contributed by atoms with Crippen molar-refractivity contribution < 1.29 is 29.3 Å². The van der Waals surface area contributed by atoms with Crippen LogP contribution < -0.4 is 9.64 Å². The molecule has 0 aliphatic carbocycles. The van der Waals surface area contributed by atoms with E-state index in [1.165, 1.54) is 36.3 Å². The molecular weight excluding hydrogens is 446 g/mol. The first-order valence-electron chi connectivity index (χ1n) is 9.86. The maximum Gasteiger partial charge on any atom is 0.335 e. The van der Waals surface area contributed by atoms with Crippen molar-refractivity contribution in [2.24, 2.45) is 0 Å². The number of nitrogens with zero attached hydrogens (tertiary/aromatic N) is 1. The van der Waals surface area contributed by atoms with Crippen molar-refractivity contribution in [3.05, 3.63) is 100 Å². The standard InChI is InChI=1S/C25H18ClNO6/c1-33-19-12-6-14(7-13-19)21-20(22(28)15-2-8-17(26)9-3-15)23(29)24(30)27(21)18-10-4-16(5-11-18)25(31)32/h2-13,21,28H,1H3,(H,31,32)/t21-/m0/s1. The highest BCUT2D eigenvalue weighted by molar-refractivity contribution is 6.51. The van der Waals surface area contributed by atoms with Gasteiger partial charge in [0.2, 0.25) is 0 Å². The quantitative estimate of drug-likeness (QED) is 0.323. The third-order valence-electron chi connectivity index (χ3n) is 5.39. The molecule has 7 nitrogen and oxygen atoms in total. The molecule has 33 heavy (non-hydrogen) atoms. The maximum absolute atomic E-state index is 13.1. The molecule has 1 saturated heterocycles. The lowest BCUT2D eigenvalue weighted by Crippen LogP contribution is -2.29. The fraction of sp³-hybridized carbons (Fsp3) is 0.0800. The third-order valence-corrected chi connectivity index (χ3v) is 5.64. The van der Waals surface area contributed by atoms with Crippen LogP contribution in [0, 0.1) is 0 Å². The van der Waals surface area contributed by atoms with Gasteiger partial charge in [0.1, 0.15) is 11.5 Å². The Morgan fingerprint density at radius 3 is 2.00 bits per heavy atom. The van der Waals surface area contributed by atoms with Crippen molar-refractivity contribution in [1.29, 1.82) is 0 Å². The fourth-order valence-electron chi connectivity index (χ4n) is 3.73. The molecule has 1 aliphatic heterocycles. The number of anilines is 1. The number of carbonyl (C=O) groups is 3. The number of halogens is 1. The Morgan fingerprint density at radius 2 is 1.45 bits per heavy atom. The van der Waals surface area contributed by atoms with Crippen molar-refractivity contribution in [1.82, 2.24) is 0 Å². The van der Waals surface area contributed by atoms with Gasteiger partial charge in [0.25, 0.3) is 11.7 Å². The van der Waals surface area contributed by atoms with Crippen molar-refractivity contribution >= 4 is 40.7 Å². The van der Waals surface area contributed by atoms with Crippen LogP contribution in [0.4, 0.5) is 5.69 Å². The largest absolute Gasteiger partial charge is 0.507 e. The second-order valence-corrected chi connectivity index (χ2v) is 7.74. The van der Waals surface area contributed by atoms with Crippen molar-refractivity contribution in [2.45, 2.75) is 6.04 Å². The van der Waals surface area contributed by atoms with Crippen molar-refractivity contribution in [2.75, 3.05) is 12.0 Å². The lowest BCUT2D eigenvalue weighted by atomic mass is 9.95. The minimum absolute atomic E-state index is 0.0393. The summed E-state index contributed by atoms with van der Waals surface area (Å²) in [7, 11) is 1.52. The van der Waals surface area contributed by atoms with Crippen molar-refractivity contribution in [3.63, 3.8) is 0 Å². The number of hydrogen-bond acceptors (Lipinski definition) is 5. The van der Waals surface area contributed by atoms with E-state index < -0.39 is 23.7 Å². The minimum Gasteiger partial charge on any atom is -0.507 e. The predicted octanol–water partition coefficient (Wildman–Crippen LogP) is 4.67. The monoisotopic (exact) mass is 463 g/mol. The summed E-state index contributed by atoms with van der Waals surface area (Å²) in [6.45, 7) is 0. The van der Waals surface area contributed by atoms with Crippen LogP contribution in [-0.4, -0.2) is 35.0 Å². The van der Waals surface area contributed by atoms with Gasteiger partial charge in [-0.3, -0.25) is 14.5 Å². The Balaban J connectivity index is 1.90. The van der Waals surface area contributed by atoms with E-state index in [1.807, 2.05) is 0 Å². The van der Waals surface area contributed by atoms with Gasteiger partial charge in [-0.25, -0.2) is 4.79 Å². The number of benzene rings is 3. The van der Waals surface area contributed by atoms with Crippen LogP contribution in [0.1, 0.15) is 27.5 Å². The van der Waals surface area contributed by atoms with E-state index in [4.69, 9.17) is 16.3 Å². The Morgan fingerprint density at radius 1 is 0.879 bits per heavy atom. The number of amides is 1. The van der Waals surface area contributed by atoms with Crippen molar-refractivity contribution in [3.8, 4) is 5.75 Å². The van der Waals surface area contributed by atoms with E-state index in [-0.39, 0.29) is 16.9 Å². The Hall–Kier alpha value is -4.10. The van der Waals surface area contributed by atoms with E-state index in [0.29, 0.717) is 27.6 Å². The van der Waals surface area contributed by atoms with Crippen LogP contribution in [0.25, 0.3) is 5.76 Å². The van der Waals surface area contributed by atoms with Crippen LogP contribution in [0.5, 0.6) is 5.75 Å². The fourth-order valence-corrected chi connectivity index (χ4v) is 3.85. The molecule has 3 aromatic rings. The summed E-state index contributed by atoms with van der Waals surface area (Å²) in [5.74, 6) is -2.56. The lowest BCUT2D eigenvalue weighted by Gasteiger charge is -2.25. The first-order chi connectivity index (χ1) is 15.8. The summed E-state index contributed by atoms with van der Waals surface area (Å²) < 4.78 is 5.20. The molecule has 0 bridgehead atoms. The van der Waals surface area contributed by atoms with E-state index >= 15 is 0 Å². The number of aliphatic hydroxyl groups excluding tert-OH is 1. The molecule has 0 radical (unpaired) electrons. The summed E-state index contributed by atoms with van der Waals surface area (Å²) >= 11 is 5.94. The molecule has 1 aliphatic rings. The molecule has 0 saturated carbocycles. The van der Waals surface area contributed by atoms with Crippen LogP contribution in [0.2, 0.25) is 5.02 Å². The molecule has 8 heteroatoms. The van der Waals surface area contributed by atoms with E-state index in [2.05, 4.69) is 0 Å². The number of ether oxygens (including phenoxy) is 1. The third kappa shape index (κ3) is 4.06. The lowest BCUT2D eigenvalue weighted by molar-refractivity contribution is -0.132. The van der Waals surface area contributed by atoms with Gasteiger partial charge in [0.05, 0.1) is 24.3 Å². The van der Waals surface area contributed by atoms with Gasteiger partial charge in [-0.1, -0.05) is 23.7 Å². The number of rotatable bonds is 5. The molecule has 3 aromatic carbocycles. The summed E-state index contributed by atoms with van der Waals surface area (Å²) in [5.41, 5.74) is 1.16. The highest BCUT2D eigenvalue weighted by Crippen LogP contribution is 2.42. The van der Waals surface area contributed by atoms with E-state index in [1.54, 1.807) is 48.5 Å². The zero-order chi connectivity index (χ0) is 23.7. The average Bonchev–Trinajstić information content (AvgIpc) is 3.09. The van der Waals surface area contributed by atoms with Crippen LogP contribution >= 0.6 is 11.6 Å². The molecule has 166 valence electrons. The molecule has 0 spiro atoms. The smallest absolute Gasteiger partial charge is 0.335 e. The normalized spacial score (nSPS) is 17.3. The van der Waals surface area contributed by atoms with Crippen LogP contribution in [0.15, 0.2) is 78.4 Å². The van der Waals surface area contributed by atoms with E-state index in [9.17, 15) is 24.6 Å². The highest BCUT2D eigenvalue weighted by Gasteiger charge is 2.47. The zero-order valence-corrected chi connectivity index (χ0v) is 18.1. The van der Waals surface area contributed by atoms with Gasteiger partial charge in [0, 0.05) is 16.3 Å². The van der Waals surface area contributed by atoms with Gasteiger partial charge in [-0.2, -0.15) is 0 Å². The molecule has 1 amide bonds. The van der Waals surface area contributed by atoms with Gasteiger partial charge >= 0.3 is 5.97 Å². The SMILES string of the molecule is COc1ccc([C@H]2C(=C(O)c3ccc(Cl)cc3)C(=O)C(=O)N2c2ccc(C(=O)O)cc2)cc1. The second kappa shape index (κ2) is 8.80. The number of aromatic carboxylic acids is 1. The van der Waals surface area contributed by atoms with Gasteiger partial charge in [-0.15, -0.1) is 0 Å². The topological polar surface area (TPSA) is 104 Å². The van der Waals surface area contributed by atoms with Gasteiger partial charge in [0.15, 0.2) is 0 Å². The average molecular weight is 464 g/mol. The zero-order valence-electron chi connectivity index (χ0n) is 17.4. The number of carboxylic acid groups (broad SMARTS) is 1. The Bertz CT molecular complexity index is 1260. The molecule has 4 rings (SSSR count). The first-order valence-corrected chi connectivity index (χ1v) is 10.2. The van der Waals surface area contributed by atoms with E-state index in [0.717, 1.165) is 0 Å². The van der Waals surface area contributed by atoms with Crippen LogP contribution in [0.3, 0.4) is 0 Å². The molecule has 1 atom stereocenters. The van der Waals surface area contributed by atoms with Crippen LogP contribution in [-0.2, 0) is 9.59 Å². The molecule has 1 heterocycles. The molecule has 0 unspecified atom stereocenters. The van der Waals surface area contributed by atoms with Gasteiger partial charge in [-0.05, 0) is 66.2 Å².